The first-order valence-electron chi connectivity index (χ1n) is 5.32. The van der Waals surface area contributed by atoms with Gasteiger partial charge in [0.2, 0.25) is 0 Å². The molecule has 0 radical (unpaired) electrons. The van der Waals surface area contributed by atoms with Gasteiger partial charge in [0.1, 0.15) is 16.0 Å². The summed E-state index contributed by atoms with van der Waals surface area (Å²) in [6.45, 7) is 1.40. The molecule has 0 unspecified atom stereocenters. The molecule has 0 fully saturated rings. The lowest BCUT2D eigenvalue weighted by atomic mass is 10.2. The van der Waals surface area contributed by atoms with E-state index in [4.69, 9.17) is 19.9 Å². The lowest BCUT2D eigenvalue weighted by molar-refractivity contribution is -0.125. The van der Waals surface area contributed by atoms with Gasteiger partial charge in [0.25, 0.3) is 5.91 Å². The fraction of sp³-hybridized carbons (Fsp3) is 0.333. The van der Waals surface area contributed by atoms with Gasteiger partial charge in [-0.1, -0.05) is 0 Å². The number of carbonyl (C=O) groups is 2. The van der Waals surface area contributed by atoms with Crippen LogP contribution in [0.5, 0.6) is 11.5 Å². The molecule has 1 amide bonds. The van der Waals surface area contributed by atoms with E-state index in [-0.39, 0.29) is 5.56 Å². The molecule has 2 N–H and O–H groups in total. The molecule has 0 saturated heterocycles. The van der Waals surface area contributed by atoms with Crippen LogP contribution in [0, 0.1) is 0 Å². The fourth-order valence-electron chi connectivity index (χ4n) is 1.27. The third-order valence-corrected chi connectivity index (χ3v) is 3.15. The Hall–Kier alpha value is -1.76. The van der Waals surface area contributed by atoms with E-state index in [2.05, 4.69) is 15.9 Å². The van der Waals surface area contributed by atoms with Crippen LogP contribution in [0.25, 0.3) is 0 Å². The number of ether oxygens (including phenoxy) is 3. The fourth-order valence-corrected chi connectivity index (χ4v) is 1.83. The summed E-state index contributed by atoms with van der Waals surface area (Å²) in [5.41, 5.74) is 5.22. The van der Waals surface area contributed by atoms with Crippen LogP contribution in [0.4, 0.5) is 0 Å². The van der Waals surface area contributed by atoms with Crippen molar-refractivity contribution in [3.05, 3.63) is 22.2 Å². The highest BCUT2D eigenvalue weighted by Gasteiger charge is 2.19. The summed E-state index contributed by atoms with van der Waals surface area (Å²) in [7, 11) is 2.92. The van der Waals surface area contributed by atoms with Crippen molar-refractivity contribution in [3.8, 4) is 11.5 Å². The lowest BCUT2D eigenvalue weighted by Crippen LogP contribution is -2.30. The second-order valence-electron chi connectivity index (χ2n) is 3.64. The molecule has 6 nitrogen and oxygen atoms in total. The van der Waals surface area contributed by atoms with Crippen LogP contribution in [0.1, 0.15) is 17.3 Å². The average molecular weight is 332 g/mol. The van der Waals surface area contributed by atoms with Crippen molar-refractivity contribution in [2.24, 2.45) is 5.73 Å². The normalized spacial score (nSPS) is 11.6. The summed E-state index contributed by atoms with van der Waals surface area (Å²) in [6.07, 6.45) is -1.01. The zero-order valence-corrected chi connectivity index (χ0v) is 12.3. The highest BCUT2D eigenvalue weighted by atomic mass is 79.9. The minimum atomic E-state index is -1.01. The molecule has 1 aromatic carbocycles. The molecule has 0 aromatic heterocycles. The summed E-state index contributed by atoms with van der Waals surface area (Å²) in [5.74, 6) is -0.573. The number of benzene rings is 1. The second kappa shape index (κ2) is 6.42. The van der Waals surface area contributed by atoms with Crippen LogP contribution in [-0.2, 0) is 9.53 Å². The largest absolute Gasteiger partial charge is 0.495 e. The van der Waals surface area contributed by atoms with Gasteiger partial charge in [-0.15, -0.1) is 0 Å². The van der Waals surface area contributed by atoms with Gasteiger partial charge in [-0.25, -0.2) is 4.79 Å². The van der Waals surface area contributed by atoms with Gasteiger partial charge >= 0.3 is 5.97 Å². The molecule has 1 rings (SSSR count). The van der Waals surface area contributed by atoms with Crippen LogP contribution < -0.4 is 15.2 Å². The van der Waals surface area contributed by atoms with Crippen molar-refractivity contribution >= 4 is 27.8 Å². The van der Waals surface area contributed by atoms with Gasteiger partial charge < -0.3 is 19.9 Å². The third-order valence-electron chi connectivity index (χ3n) is 2.37. The Labute approximate surface area is 118 Å². The number of primary amides is 1. The van der Waals surface area contributed by atoms with Gasteiger partial charge in [-0.2, -0.15) is 0 Å². The van der Waals surface area contributed by atoms with E-state index in [1.54, 1.807) is 0 Å². The highest BCUT2D eigenvalue weighted by molar-refractivity contribution is 9.10. The summed E-state index contributed by atoms with van der Waals surface area (Å²) < 4.78 is 15.7. The number of nitrogens with two attached hydrogens (primary N) is 1. The molecule has 1 atom stereocenters. The summed E-state index contributed by atoms with van der Waals surface area (Å²) in [6, 6.07) is 2.95. The average Bonchev–Trinajstić information content (AvgIpc) is 2.38. The van der Waals surface area contributed by atoms with E-state index >= 15 is 0 Å². The predicted octanol–water partition coefficient (Wildman–Crippen LogP) is 1.50. The number of amides is 1. The molecule has 0 aliphatic heterocycles. The van der Waals surface area contributed by atoms with Crippen LogP contribution >= 0.6 is 15.9 Å². The van der Waals surface area contributed by atoms with Crippen LogP contribution in [0.2, 0.25) is 0 Å². The van der Waals surface area contributed by atoms with Gasteiger partial charge in [-0.3, -0.25) is 4.79 Å². The Bertz CT molecular complexity index is 478. The van der Waals surface area contributed by atoms with Crippen LogP contribution in [-0.4, -0.2) is 32.2 Å². The molecule has 7 heteroatoms. The van der Waals surface area contributed by atoms with E-state index in [0.717, 1.165) is 0 Å². The molecule has 0 bridgehead atoms. The number of rotatable bonds is 5. The first-order chi connectivity index (χ1) is 8.90. The van der Waals surface area contributed by atoms with Gasteiger partial charge in [0, 0.05) is 0 Å². The topological polar surface area (TPSA) is 87.9 Å². The van der Waals surface area contributed by atoms with Crippen molar-refractivity contribution in [2.45, 2.75) is 13.0 Å². The zero-order valence-electron chi connectivity index (χ0n) is 10.7. The van der Waals surface area contributed by atoms with Crippen molar-refractivity contribution in [3.63, 3.8) is 0 Å². The first kappa shape index (κ1) is 15.3. The molecule has 1 aromatic rings. The Kier molecular flexibility index (Phi) is 5.17. The zero-order chi connectivity index (χ0) is 14.6. The molecular weight excluding hydrogens is 318 g/mol. The van der Waals surface area contributed by atoms with E-state index in [1.165, 1.54) is 33.3 Å². The maximum atomic E-state index is 11.9. The molecule has 0 aliphatic carbocycles. The van der Waals surface area contributed by atoms with E-state index in [0.29, 0.717) is 16.0 Å². The quantitative estimate of drug-likeness (QED) is 0.826. The Morgan fingerprint density at radius 3 is 2.05 bits per heavy atom. The maximum absolute atomic E-state index is 11.9. The molecule has 0 heterocycles. The smallest absolute Gasteiger partial charge is 0.339 e. The molecule has 0 saturated carbocycles. The first-order valence-corrected chi connectivity index (χ1v) is 6.11. The number of esters is 1. The minimum absolute atomic E-state index is 0.199. The number of methoxy groups -OCH3 is 2. The van der Waals surface area contributed by atoms with Crippen molar-refractivity contribution in [2.75, 3.05) is 14.2 Å². The molecule has 0 aliphatic rings. The lowest BCUT2D eigenvalue weighted by Gasteiger charge is -2.13. The molecule has 0 spiro atoms. The van der Waals surface area contributed by atoms with E-state index in [9.17, 15) is 9.59 Å². The Balaban J connectivity index is 3.06. The highest BCUT2D eigenvalue weighted by Crippen LogP contribution is 2.35. The summed E-state index contributed by atoms with van der Waals surface area (Å²) >= 11 is 3.28. The number of hydrogen-bond donors (Lipinski definition) is 1. The van der Waals surface area contributed by atoms with Crippen molar-refractivity contribution in [1.82, 2.24) is 0 Å². The molecular formula is C12H14BrNO5. The minimum Gasteiger partial charge on any atom is -0.495 e. The number of halogens is 1. The number of hydrogen-bond acceptors (Lipinski definition) is 5. The van der Waals surface area contributed by atoms with E-state index < -0.39 is 18.0 Å². The SMILES string of the molecule is COc1cc(C(=O)O[C@H](C)C(N)=O)cc(OC)c1Br. The molecule has 104 valence electrons. The van der Waals surface area contributed by atoms with Gasteiger partial charge in [0.05, 0.1) is 19.8 Å². The number of carbonyl (C=O) groups excluding carboxylic acids is 2. The van der Waals surface area contributed by atoms with Gasteiger partial charge in [-0.05, 0) is 35.0 Å². The van der Waals surface area contributed by atoms with Crippen molar-refractivity contribution < 1.29 is 23.8 Å². The monoisotopic (exact) mass is 331 g/mol. The maximum Gasteiger partial charge on any atom is 0.339 e. The third kappa shape index (κ3) is 3.60. The van der Waals surface area contributed by atoms with Gasteiger partial charge in [0.15, 0.2) is 6.10 Å². The Morgan fingerprint density at radius 2 is 1.68 bits per heavy atom. The summed E-state index contributed by atoms with van der Waals surface area (Å²) in [4.78, 5) is 22.7. The summed E-state index contributed by atoms with van der Waals surface area (Å²) in [5, 5.41) is 0. The Morgan fingerprint density at radius 1 is 1.21 bits per heavy atom. The van der Waals surface area contributed by atoms with E-state index in [1.807, 2.05) is 0 Å². The molecule has 19 heavy (non-hydrogen) atoms. The van der Waals surface area contributed by atoms with Crippen LogP contribution in [0.3, 0.4) is 0 Å². The predicted molar refractivity (Wildman–Crippen MR) is 71.3 cm³/mol. The van der Waals surface area contributed by atoms with Crippen molar-refractivity contribution in [1.29, 1.82) is 0 Å². The second-order valence-corrected chi connectivity index (χ2v) is 4.44. The van der Waals surface area contributed by atoms with Crippen LogP contribution in [0.15, 0.2) is 16.6 Å². The standard InChI is InChI=1S/C12H14BrNO5/c1-6(11(14)15)19-12(16)7-4-8(17-2)10(13)9(5-7)18-3/h4-6H,1-3H3,(H2,14,15)/t6-/m1/s1.